The van der Waals surface area contributed by atoms with Crippen LogP contribution in [0.15, 0.2) is 63.9 Å². The molecule has 0 saturated heterocycles. The number of sulfone groups is 1. The molecule has 1 amide bonds. The highest BCUT2D eigenvalue weighted by molar-refractivity contribution is 7.92. The van der Waals surface area contributed by atoms with Gasteiger partial charge in [-0.25, -0.2) is 13.2 Å². The third kappa shape index (κ3) is 5.65. The SMILES string of the molecule is O=C(CS(=O)(=O)CCCc1ccccc1)Nc1cccc(-c2noc(=O)[nH]2)c1. The number of amides is 1. The molecule has 0 aliphatic rings. The van der Waals surface area contributed by atoms with Gasteiger partial charge in [0.25, 0.3) is 0 Å². The molecule has 0 unspecified atom stereocenters. The first-order valence-electron chi connectivity index (χ1n) is 8.62. The van der Waals surface area contributed by atoms with Crippen LogP contribution in [0.2, 0.25) is 0 Å². The van der Waals surface area contributed by atoms with Gasteiger partial charge in [-0.15, -0.1) is 0 Å². The first-order valence-corrected chi connectivity index (χ1v) is 10.4. The highest BCUT2D eigenvalue weighted by Crippen LogP contribution is 2.18. The Morgan fingerprint density at radius 2 is 1.89 bits per heavy atom. The summed E-state index contributed by atoms with van der Waals surface area (Å²) in [5.41, 5.74) is 1.98. The summed E-state index contributed by atoms with van der Waals surface area (Å²) in [5, 5.41) is 6.13. The van der Waals surface area contributed by atoms with E-state index in [1.165, 1.54) is 0 Å². The summed E-state index contributed by atoms with van der Waals surface area (Å²) in [6.45, 7) is 0. The van der Waals surface area contributed by atoms with E-state index in [1.54, 1.807) is 24.3 Å². The van der Waals surface area contributed by atoms with E-state index >= 15 is 0 Å². The summed E-state index contributed by atoms with van der Waals surface area (Å²) in [4.78, 5) is 25.6. The van der Waals surface area contributed by atoms with Crippen molar-refractivity contribution in [2.45, 2.75) is 12.8 Å². The van der Waals surface area contributed by atoms with Gasteiger partial charge in [0, 0.05) is 11.3 Å². The van der Waals surface area contributed by atoms with Gasteiger partial charge in [-0.2, -0.15) is 0 Å². The molecular weight excluding hydrogens is 382 g/mol. The second-order valence-corrected chi connectivity index (χ2v) is 8.44. The van der Waals surface area contributed by atoms with Crippen molar-refractivity contribution >= 4 is 21.4 Å². The van der Waals surface area contributed by atoms with E-state index in [0.717, 1.165) is 5.56 Å². The van der Waals surface area contributed by atoms with Gasteiger partial charge < -0.3 is 5.32 Å². The van der Waals surface area contributed by atoms with Crippen LogP contribution in [0.5, 0.6) is 0 Å². The van der Waals surface area contributed by atoms with Gasteiger partial charge in [-0.3, -0.25) is 14.3 Å². The molecular formula is C19H19N3O5S. The summed E-state index contributed by atoms with van der Waals surface area (Å²) < 4.78 is 28.8. The minimum Gasteiger partial charge on any atom is -0.325 e. The van der Waals surface area contributed by atoms with Crippen molar-refractivity contribution in [1.82, 2.24) is 10.1 Å². The Kier molecular flexibility index (Phi) is 6.05. The number of nitrogens with one attached hydrogen (secondary N) is 2. The third-order valence-electron chi connectivity index (χ3n) is 3.97. The summed E-state index contributed by atoms with van der Waals surface area (Å²) in [6, 6.07) is 16.1. The van der Waals surface area contributed by atoms with Gasteiger partial charge in [0.1, 0.15) is 5.75 Å². The van der Waals surface area contributed by atoms with Gasteiger partial charge in [0.15, 0.2) is 15.7 Å². The minimum atomic E-state index is -3.52. The molecule has 0 aliphatic carbocycles. The monoisotopic (exact) mass is 401 g/mol. The fraction of sp³-hybridized carbons (Fsp3) is 0.211. The molecule has 28 heavy (non-hydrogen) atoms. The van der Waals surface area contributed by atoms with E-state index in [9.17, 15) is 18.0 Å². The molecule has 9 heteroatoms. The first kappa shape index (κ1) is 19.6. The third-order valence-corrected chi connectivity index (χ3v) is 5.59. The number of benzene rings is 2. The standard InChI is InChI=1S/C19H19N3O5S/c23-17(13-28(25,26)11-5-8-14-6-2-1-3-7-14)20-16-10-4-9-15(12-16)18-21-19(24)27-22-18/h1-4,6-7,9-10,12H,5,8,11,13H2,(H,20,23)(H,21,22,24). The molecule has 146 valence electrons. The van der Waals surface area contributed by atoms with Crippen molar-refractivity contribution in [2.24, 2.45) is 0 Å². The Labute approximate surface area is 161 Å². The number of aryl methyl sites for hydroxylation is 1. The van der Waals surface area contributed by atoms with E-state index in [1.807, 2.05) is 30.3 Å². The molecule has 1 heterocycles. The topological polar surface area (TPSA) is 122 Å². The molecule has 3 aromatic rings. The summed E-state index contributed by atoms with van der Waals surface area (Å²) in [6.07, 6.45) is 1.09. The largest absolute Gasteiger partial charge is 0.439 e. The predicted molar refractivity (Wildman–Crippen MR) is 105 cm³/mol. The second-order valence-electron chi connectivity index (χ2n) is 6.25. The van der Waals surface area contributed by atoms with Crippen molar-refractivity contribution in [2.75, 3.05) is 16.8 Å². The zero-order valence-corrected chi connectivity index (χ0v) is 15.7. The zero-order valence-electron chi connectivity index (χ0n) is 14.9. The normalized spacial score (nSPS) is 11.3. The average molecular weight is 401 g/mol. The molecule has 0 fully saturated rings. The number of carbonyl (C=O) groups excluding carboxylic acids is 1. The highest BCUT2D eigenvalue weighted by Gasteiger charge is 2.17. The zero-order chi connectivity index (χ0) is 20.0. The number of H-pyrrole nitrogens is 1. The molecule has 2 N–H and O–H groups in total. The molecule has 3 rings (SSSR count). The van der Waals surface area contributed by atoms with Crippen LogP contribution in [0.1, 0.15) is 12.0 Å². The number of hydrogen-bond acceptors (Lipinski definition) is 6. The van der Waals surface area contributed by atoms with Crippen molar-refractivity contribution in [3.05, 3.63) is 70.7 Å². The van der Waals surface area contributed by atoms with E-state index in [0.29, 0.717) is 24.1 Å². The highest BCUT2D eigenvalue weighted by atomic mass is 32.2. The smallest absolute Gasteiger partial charge is 0.325 e. The van der Waals surface area contributed by atoms with Crippen LogP contribution < -0.4 is 11.1 Å². The average Bonchev–Trinajstić information content (AvgIpc) is 3.08. The maximum Gasteiger partial charge on any atom is 0.439 e. The molecule has 8 nitrogen and oxygen atoms in total. The van der Waals surface area contributed by atoms with Crippen LogP contribution in [0.4, 0.5) is 5.69 Å². The molecule has 0 aliphatic heterocycles. The quantitative estimate of drug-likeness (QED) is 0.595. The number of rotatable bonds is 8. The molecule has 0 bridgehead atoms. The predicted octanol–water partition coefficient (Wildman–Crippen LogP) is 2.02. The lowest BCUT2D eigenvalue weighted by Gasteiger charge is -2.07. The van der Waals surface area contributed by atoms with Gasteiger partial charge in [0.2, 0.25) is 5.91 Å². The fourth-order valence-corrected chi connectivity index (χ4v) is 3.91. The summed E-state index contributed by atoms with van der Waals surface area (Å²) in [7, 11) is -3.52. The summed E-state index contributed by atoms with van der Waals surface area (Å²) >= 11 is 0. The van der Waals surface area contributed by atoms with Crippen molar-refractivity contribution in [3.8, 4) is 11.4 Å². The molecule has 0 radical (unpaired) electrons. The van der Waals surface area contributed by atoms with Crippen LogP contribution in [0.3, 0.4) is 0 Å². The molecule has 1 aromatic heterocycles. The molecule has 0 atom stereocenters. The number of aromatic amines is 1. The Bertz CT molecular complexity index is 1100. The van der Waals surface area contributed by atoms with Gasteiger partial charge >= 0.3 is 5.76 Å². The van der Waals surface area contributed by atoms with Gasteiger partial charge in [0.05, 0.1) is 5.75 Å². The van der Waals surface area contributed by atoms with Gasteiger partial charge in [-0.1, -0.05) is 47.6 Å². The van der Waals surface area contributed by atoms with E-state index in [4.69, 9.17) is 0 Å². The maximum absolute atomic E-state index is 12.2. The number of anilines is 1. The number of hydrogen-bond donors (Lipinski definition) is 2. The van der Waals surface area contributed by atoms with Gasteiger partial charge in [-0.05, 0) is 30.5 Å². The molecule has 2 aromatic carbocycles. The van der Waals surface area contributed by atoms with Crippen LogP contribution >= 0.6 is 0 Å². The molecule has 0 spiro atoms. The van der Waals surface area contributed by atoms with Crippen LogP contribution in [0, 0.1) is 0 Å². The van der Waals surface area contributed by atoms with Crippen molar-refractivity contribution < 1.29 is 17.7 Å². The number of aromatic nitrogens is 2. The second kappa shape index (κ2) is 8.66. The van der Waals surface area contributed by atoms with Crippen LogP contribution in [0.25, 0.3) is 11.4 Å². The number of carbonyl (C=O) groups is 1. The Hall–Kier alpha value is -3.20. The fourth-order valence-electron chi connectivity index (χ4n) is 2.71. The van der Waals surface area contributed by atoms with E-state index < -0.39 is 27.3 Å². The summed E-state index contributed by atoms with van der Waals surface area (Å²) in [5.74, 6) is -1.74. The lowest BCUT2D eigenvalue weighted by Crippen LogP contribution is -2.25. The minimum absolute atomic E-state index is 0.0600. The molecule has 0 saturated carbocycles. The maximum atomic E-state index is 12.2. The lowest BCUT2D eigenvalue weighted by atomic mass is 10.1. The number of nitrogens with zero attached hydrogens (tertiary/aromatic N) is 1. The van der Waals surface area contributed by atoms with Crippen LogP contribution in [-0.4, -0.2) is 36.0 Å². The van der Waals surface area contributed by atoms with Crippen molar-refractivity contribution in [1.29, 1.82) is 0 Å². The lowest BCUT2D eigenvalue weighted by molar-refractivity contribution is -0.113. The van der Waals surface area contributed by atoms with Crippen molar-refractivity contribution in [3.63, 3.8) is 0 Å². The Balaban J connectivity index is 1.55. The first-order chi connectivity index (χ1) is 13.4. The Morgan fingerprint density at radius 1 is 1.11 bits per heavy atom. The van der Waals surface area contributed by atoms with E-state index in [2.05, 4.69) is 20.0 Å². The van der Waals surface area contributed by atoms with E-state index in [-0.39, 0.29) is 11.6 Å². The van der Waals surface area contributed by atoms with Crippen LogP contribution in [-0.2, 0) is 21.1 Å². The Morgan fingerprint density at radius 3 is 2.61 bits per heavy atom.